The molecule has 1 N–H and O–H groups in total. The summed E-state index contributed by atoms with van der Waals surface area (Å²) in [6.45, 7) is 7.64. The Labute approximate surface area is 126 Å². The molecule has 0 saturated carbocycles. The number of ether oxygens (including phenoxy) is 2. The minimum absolute atomic E-state index is 0.118. The molecule has 0 saturated heterocycles. The third kappa shape index (κ3) is 7.40. The summed E-state index contributed by atoms with van der Waals surface area (Å²) in [6, 6.07) is 6.72. The van der Waals surface area contributed by atoms with Gasteiger partial charge < -0.3 is 14.6 Å². The van der Waals surface area contributed by atoms with Gasteiger partial charge in [0.2, 0.25) is 0 Å². The molecule has 1 aromatic carbocycles. The van der Waals surface area contributed by atoms with Crippen LogP contribution in [0.3, 0.4) is 0 Å². The van der Waals surface area contributed by atoms with Crippen LogP contribution in [0.2, 0.25) is 0 Å². The van der Waals surface area contributed by atoms with E-state index in [0.717, 1.165) is 31.4 Å². The monoisotopic (exact) mass is 292 g/mol. The Hall–Kier alpha value is -1.97. The number of esters is 1. The fourth-order valence-electron chi connectivity index (χ4n) is 1.81. The average molecular weight is 292 g/mol. The number of benzene rings is 1. The topological polar surface area (TPSA) is 55.8 Å². The molecule has 0 heterocycles. The number of unbranched alkanes of at least 4 members (excludes halogenated alkanes) is 2. The number of phenolic OH excluding ortho intramolecular Hbond substituents is 1. The van der Waals surface area contributed by atoms with Crippen molar-refractivity contribution in [3.63, 3.8) is 0 Å². The van der Waals surface area contributed by atoms with Gasteiger partial charge in [0.1, 0.15) is 11.5 Å². The van der Waals surface area contributed by atoms with Gasteiger partial charge >= 0.3 is 5.97 Å². The van der Waals surface area contributed by atoms with Crippen molar-refractivity contribution in [2.24, 2.45) is 0 Å². The summed E-state index contributed by atoms with van der Waals surface area (Å²) in [6.07, 6.45) is 3.92. The van der Waals surface area contributed by atoms with Crippen molar-refractivity contribution < 1.29 is 19.4 Å². The summed E-state index contributed by atoms with van der Waals surface area (Å²) in [5.74, 6) is 0.675. The fraction of sp³-hybridized carbons (Fsp3) is 0.471. The number of phenols is 1. The lowest BCUT2D eigenvalue weighted by atomic mass is 10.1. The minimum Gasteiger partial charge on any atom is -0.508 e. The minimum atomic E-state index is -0.320. The Morgan fingerprint density at radius 1 is 1.24 bits per heavy atom. The van der Waals surface area contributed by atoms with E-state index in [4.69, 9.17) is 9.47 Å². The van der Waals surface area contributed by atoms with Gasteiger partial charge in [-0.2, -0.15) is 0 Å². The van der Waals surface area contributed by atoms with Crippen LogP contribution in [-0.2, 0) is 9.53 Å². The molecule has 0 aliphatic heterocycles. The Bertz CT molecular complexity index is 450. The van der Waals surface area contributed by atoms with E-state index in [9.17, 15) is 9.90 Å². The van der Waals surface area contributed by atoms with Crippen LogP contribution >= 0.6 is 0 Å². The standard InChI is InChI=1S/C17H24O4/c1-13(2)17(19)20-12-6-4-5-7-14(3)21-16-10-8-15(18)9-11-16/h8-11,14,18H,1,4-7,12H2,2-3H3. The maximum absolute atomic E-state index is 11.2. The Morgan fingerprint density at radius 2 is 1.90 bits per heavy atom. The third-order valence-corrected chi connectivity index (χ3v) is 3.01. The van der Waals surface area contributed by atoms with Gasteiger partial charge in [0.25, 0.3) is 0 Å². The lowest BCUT2D eigenvalue weighted by molar-refractivity contribution is -0.139. The Morgan fingerprint density at radius 3 is 2.52 bits per heavy atom. The zero-order chi connectivity index (χ0) is 15.7. The van der Waals surface area contributed by atoms with Crippen molar-refractivity contribution >= 4 is 5.97 Å². The van der Waals surface area contributed by atoms with Gasteiger partial charge in [-0.05, 0) is 63.8 Å². The smallest absolute Gasteiger partial charge is 0.333 e. The second kappa shape index (κ2) is 9.06. The van der Waals surface area contributed by atoms with Crippen molar-refractivity contribution in [1.29, 1.82) is 0 Å². The van der Waals surface area contributed by atoms with Gasteiger partial charge in [-0.1, -0.05) is 6.58 Å². The van der Waals surface area contributed by atoms with Crippen LogP contribution in [0.1, 0.15) is 39.5 Å². The zero-order valence-corrected chi connectivity index (χ0v) is 12.8. The van der Waals surface area contributed by atoms with Gasteiger partial charge in [-0.15, -0.1) is 0 Å². The lowest BCUT2D eigenvalue weighted by Crippen LogP contribution is -2.11. The number of hydrogen-bond acceptors (Lipinski definition) is 4. The molecule has 1 unspecified atom stereocenters. The van der Waals surface area contributed by atoms with Gasteiger partial charge in [-0.3, -0.25) is 0 Å². The SMILES string of the molecule is C=C(C)C(=O)OCCCCCC(C)Oc1ccc(O)cc1. The molecule has 0 bridgehead atoms. The predicted molar refractivity (Wildman–Crippen MR) is 82.4 cm³/mol. The van der Waals surface area contributed by atoms with Crippen molar-refractivity contribution in [2.75, 3.05) is 6.61 Å². The Balaban J connectivity index is 2.08. The van der Waals surface area contributed by atoms with E-state index >= 15 is 0 Å². The molecule has 0 fully saturated rings. The average Bonchev–Trinajstić information content (AvgIpc) is 2.44. The molecule has 4 nitrogen and oxygen atoms in total. The van der Waals surface area contributed by atoms with Gasteiger partial charge in [0.05, 0.1) is 12.7 Å². The maximum atomic E-state index is 11.2. The van der Waals surface area contributed by atoms with E-state index in [1.165, 1.54) is 0 Å². The third-order valence-electron chi connectivity index (χ3n) is 3.01. The normalized spacial score (nSPS) is 11.7. The first-order valence-electron chi connectivity index (χ1n) is 7.27. The number of rotatable bonds is 9. The predicted octanol–water partition coefficient (Wildman–Crippen LogP) is 3.84. The summed E-state index contributed by atoms with van der Waals surface area (Å²) in [5, 5.41) is 9.19. The molecule has 116 valence electrons. The molecule has 1 aromatic rings. The van der Waals surface area contributed by atoms with Crippen LogP contribution in [-0.4, -0.2) is 23.8 Å². The van der Waals surface area contributed by atoms with Crippen LogP contribution in [0.25, 0.3) is 0 Å². The summed E-state index contributed by atoms with van der Waals surface area (Å²) >= 11 is 0. The van der Waals surface area contributed by atoms with Crippen LogP contribution < -0.4 is 4.74 Å². The quantitative estimate of drug-likeness (QED) is 0.427. The molecular formula is C17H24O4. The van der Waals surface area contributed by atoms with E-state index < -0.39 is 0 Å². The van der Waals surface area contributed by atoms with Crippen molar-refractivity contribution in [2.45, 2.75) is 45.6 Å². The number of carbonyl (C=O) groups excluding carboxylic acids is 1. The first-order chi connectivity index (χ1) is 9.99. The molecule has 4 heteroatoms. The molecule has 0 spiro atoms. The molecule has 0 aliphatic rings. The first-order valence-corrected chi connectivity index (χ1v) is 7.27. The van der Waals surface area contributed by atoms with Gasteiger partial charge in [0.15, 0.2) is 0 Å². The molecule has 21 heavy (non-hydrogen) atoms. The fourth-order valence-corrected chi connectivity index (χ4v) is 1.81. The highest BCUT2D eigenvalue weighted by molar-refractivity contribution is 5.86. The molecule has 1 atom stereocenters. The second-order valence-electron chi connectivity index (χ2n) is 5.19. The van der Waals surface area contributed by atoms with Crippen molar-refractivity contribution in [3.8, 4) is 11.5 Å². The zero-order valence-electron chi connectivity index (χ0n) is 12.8. The largest absolute Gasteiger partial charge is 0.508 e. The highest BCUT2D eigenvalue weighted by atomic mass is 16.5. The molecule has 0 radical (unpaired) electrons. The van der Waals surface area contributed by atoms with E-state index in [2.05, 4.69) is 6.58 Å². The highest BCUT2D eigenvalue weighted by Gasteiger charge is 2.05. The van der Waals surface area contributed by atoms with Crippen LogP contribution in [0.15, 0.2) is 36.4 Å². The Kier molecular flexibility index (Phi) is 7.37. The van der Waals surface area contributed by atoms with Crippen LogP contribution in [0.5, 0.6) is 11.5 Å². The van der Waals surface area contributed by atoms with Gasteiger partial charge in [0, 0.05) is 5.57 Å². The van der Waals surface area contributed by atoms with E-state index in [-0.39, 0.29) is 17.8 Å². The number of aromatic hydroxyl groups is 1. The molecule has 0 aromatic heterocycles. The lowest BCUT2D eigenvalue weighted by Gasteiger charge is -2.14. The van der Waals surface area contributed by atoms with Crippen molar-refractivity contribution in [3.05, 3.63) is 36.4 Å². The summed E-state index contributed by atoms with van der Waals surface area (Å²) in [5.41, 5.74) is 0.436. The summed E-state index contributed by atoms with van der Waals surface area (Å²) in [4.78, 5) is 11.2. The van der Waals surface area contributed by atoms with Crippen LogP contribution in [0, 0.1) is 0 Å². The van der Waals surface area contributed by atoms with E-state index in [1.807, 2.05) is 6.92 Å². The van der Waals surface area contributed by atoms with Crippen molar-refractivity contribution in [1.82, 2.24) is 0 Å². The summed E-state index contributed by atoms with van der Waals surface area (Å²) < 4.78 is 10.8. The molecular weight excluding hydrogens is 268 g/mol. The van der Waals surface area contributed by atoms with Crippen LogP contribution in [0.4, 0.5) is 0 Å². The van der Waals surface area contributed by atoms with E-state index in [1.54, 1.807) is 31.2 Å². The molecule has 1 rings (SSSR count). The van der Waals surface area contributed by atoms with E-state index in [0.29, 0.717) is 12.2 Å². The van der Waals surface area contributed by atoms with Gasteiger partial charge in [-0.25, -0.2) is 4.79 Å². The number of carbonyl (C=O) groups is 1. The number of hydrogen-bond donors (Lipinski definition) is 1. The highest BCUT2D eigenvalue weighted by Crippen LogP contribution is 2.18. The molecule has 0 amide bonds. The molecule has 0 aliphatic carbocycles. The first kappa shape index (κ1) is 17.1. The summed E-state index contributed by atoms with van der Waals surface area (Å²) in [7, 11) is 0. The second-order valence-corrected chi connectivity index (χ2v) is 5.19. The maximum Gasteiger partial charge on any atom is 0.333 e.